The van der Waals surface area contributed by atoms with Crippen LogP contribution in [0.2, 0.25) is 0 Å². The summed E-state index contributed by atoms with van der Waals surface area (Å²) in [4.78, 5) is 0. The maximum Gasteiger partial charge on any atom is 0.0771 e. The minimum atomic E-state index is -0.428. The van der Waals surface area contributed by atoms with E-state index >= 15 is 0 Å². The van der Waals surface area contributed by atoms with Crippen LogP contribution in [0.25, 0.3) is 0 Å². The van der Waals surface area contributed by atoms with Gasteiger partial charge in [0.25, 0.3) is 0 Å². The molecular weight excluding hydrogens is 222 g/mol. The SMILES string of the molecule is CC(C)CCCC(C)NCC1(O)CCCCCC1. The lowest BCUT2D eigenvalue weighted by atomic mass is 9.94. The summed E-state index contributed by atoms with van der Waals surface area (Å²) in [5.41, 5.74) is -0.428. The summed E-state index contributed by atoms with van der Waals surface area (Å²) in [5.74, 6) is 0.809. The van der Waals surface area contributed by atoms with E-state index in [4.69, 9.17) is 0 Å². The van der Waals surface area contributed by atoms with E-state index in [0.29, 0.717) is 6.04 Å². The van der Waals surface area contributed by atoms with Crippen LogP contribution in [-0.2, 0) is 0 Å². The molecule has 2 heteroatoms. The molecule has 1 rings (SSSR count). The molecule has 1 aliphatic carbocycles. The smallest absolute Gasteiger partial charge is 0.0771 e. The zero-order valence-corrected chi connectivity index (χ0v) is 12.7. The normalized spacial score (nSPS) is 21.8. The van der Waals surface area contributed by atoms with E-state index in [0.717, 1.165) is 25.3 Å². The van der Waals surface area contributed by atoms with Gasteiger partial charge in [-0.3, -0.25) is 0 Å². The van der Waals surface area contributed by atoms with Gasteiger partial charge < -0.3 is 10.4 Å². The van der Waals surface area contributed by atoms with Crippen molar-refractivity contribution < 1.29 is 5.11 Å². The highest BCUT2D eigenvalue weighted by atomic mass is 16.3. The number of hydrogen-bond donors (Lipinski definition) is 2. The molecule has 1 aliphatic rings. The second-order valence-corrected chi connectivity index (χ2v) is 6.75. The van der Waals surface area contributed by atoms with Gasteiger partial charge in [0.2, 0.25) is 0 Å². The van der Waals surface area contributed by atoms with Crippen LogP contribution >= 0.6 is 0 Å². The summed E-state index contributed by atoms with van der Waals surface area (Å²) in [6, 6.07) is 0.538. The van der Waals surface area contributed by atoms with Gasteiger partial charge in [-0.25, -0.2) is 0 Å². The van der Waals surface area contributed by atoms with Crippen LogP contribution < -0.4 is 5.32 Å². The Hall–Kier alpha value is -0.0800. The van der Waals surface area contributed by atoms with E-state index in [1.807, 2.05) is 0 Å². The average molecular weight is 255 g/mol. The molecule has 18 heavy (non-hydrogen) atoms. The van der Waals surface area contributed by atoms with Crippen molar-refractivity contribution in [2.75, 3.05) is 6.54 Å². The van der Waals surface area contributed by atoms with E-state index in [1.54, 1.807) is 0 Å². The molecule has 1 fully saturated rings. The maximum absolute atomic E-state index is 10.6. The average Bonchev–Trinajstić information content (AvgIpc) is 2.52. The van der Waals surface area contributed by atoms with Gasteiger partial charge in [-0.05, 0) is 32.1 Å². The minimum Gasteiger partial charge on any atom is -0.389 e. The third-order valence-electron chi connectivity index (χ3n) is 4.23. The molecule has 0 radical (unpaired) electrons. The van der Waals surface area contributed by atoms with Gasteiger partial charge in [-0.2, -0.15) is 0 Å². The second kappa shape index (κ2) is 8.16. The Bertz CT molecular complexity index is 207. The molecule has 0 aromatic rings. The molecular formula is C16H33NO. The van der Waals surface area contributed by atoms with E-state index < -0.39 is 5.60 Å². The fraction of sp³-hybridized carbons (Fsp3) is 1.00. The van der Waals surface area contributed by atoms with Gasteiger partial charge in [0.05, 0.1) is 5.60 Å². The summed E-state index contributed by atoms with van der Waals surface area (Å²) >= 11 is 0. The van der Waals surface area contributed by atoms with Crippen LogP contribution in [0.4, 0.5) is 0 Å². The summed E-state index contributed by atoms with van der Waals surface area (Å²) in [6.45, 7) is 7.61. The quantitative estimate of drug-likeness (QED) is 0.677. The van der Waals surface area contributed by atoms with Crippen LogP contribution in [0.3, 0.4) is 0 Å². The fourth-order valence-electron chi connectivity index (χ4n) is 2.86. The number of hydrogen-bond acceptors (Lipinski definition) is 2. The van der Waals surface area contributed by atoms with E-state index in [9.17, 15) is 5.11 Å². The molecule has 0 heterocycles. The zero-order chi connectivity index (χ0) is 13.4. The molecule has 1 atom stereocenters. The Kier molecular flexibility index (Phi) is 7.25. The fourth-order valence-corrected chi connectivity index (χ4v) is 2.86. The Morgan fingerprint density at radius 1 is 1.00 bits per heavy atom. The zero-order valence-electron chi connectivity index (χ0n) is 12.7. The molecule has 1 saturated carbocycles. The van der Waals surface area contributed by atoms with Crippen molar-refractivity contribution in [1.82, 2.24) is 5.32 Å². The molecule has 2 N–H and O–H groups in total. The van der Waals surface area contributed by atoms with E-state index in [2.05, 4.69) is 26.1 Å². The minimum absolute atomic E-state index is 0.428. The standard InChI is InChI=1S/C16H33NO/c1-14(2)9-8-10-15(3)17-13-16(18)11-6-4-5-7-12-16/h14-15,17-18H,4-13H2,1-3H3. The van der Waals surface area contributed by atoms with Crippen molar-refractivity contribution in [3.63, 3.8) is 0 Å². The van der Waals surface area contributed by atoms with Crippen LogP contribution in [0.5, 0.6) is 0 Å². The topological polar surface area (TPSA) is 32.3 Å². The Balaban J connectivity index is 2.17. The molecule has 0 amide bonds. The molecule has 0 aliphatic heterocycles. The number of rotatable bonds is 7. The van der Waals surface area contributed by atoms with Crippen molar-refractivity contribution in [3.05, 3.63) is 0 Å². The van der Waals surface area contributed by atoms with Crippen LogP contribution in [-0.4, -0.2) is 23.3 Å². The van der Waals surface area contributed by atoms with Crippen molar-refractivity contribution in [3.8, 4) is 0 Å². The predicted octanol–water partition coefficient (Wildman–Crippen LogP) is 3.88. The van der Waals surface area contributed by atoms with Gasteiger partial charge >= 0.3 is 0 Å². The molecule has 2 nitrogen and oxygen atoms in total. The first-order valence-electron chi connectivity index (χ1n) is 7.98. The van der Waals surface area contributed by atoms with Crippen molar-refractivity contribution in [1.29, 1.82) is 0 Å². The Morgan fingerprint density at radius 3 is 2.17 bits per heavy atom. The highest BCUT2D eigenvalue weighted by Crippen LogP contribution is 2.26. The second-order valence-electron chi connectivity index (χ2n) is 6.75. The van der Waals surface area contributed by atoms with Crippen molar-refractivity contribution in [2.45, 2.75) is 90.2 Å². The molecule has 1 unspecified atom stereocenters. The lowest BCUT2D eigenvalue weighted by molar-refractivity contribution is 0.0229. The molecule has 0 aromatic heterocycles. The van der Waals surface area contributed by atoms with Crippen LogP contribution in [0.1, 0.15) is 78.6 Å². The summed E-state index contributed by atoms with van der Waals surface area (Å²) < 4.78 is 0. The van der Waals surface area contributed by atoms with Crippen LogP contribution in [0.15, 0.2) is 0 Å². The maximum atomic E-state index is 10.6. The Labute approximate surface area is 114 Å². The first-order chi connectivity index (χ1) is 8.52. The highest BCUT2D eigenvalue weighted by molar-refractivity contribution is 4.84. The summed E-state index contributed by atoms with van der Waals surface area (Å²) in [5, 5.41) is 14.1. The third-order valence-corrected chi connectivity index (χ3v) is 4.23. The Morgan fingerprint density at radius 2 is 1.61 bits per heavy atom. The van der Waals surface area contributed by atoms with Gasteiger partial charge in [-0.1, -0.05) is 52.4 Å². The number of aliphatic hydroxyl groups is 1. The molecule has 0 bridgehead atoms. The van der Waals surface area contributed by atoms with Crippen molar-refractivity contribution >= 4 is 0 Å². The van der Waals surface area contributed by atoms with Crippen LogP contribution in [0, 0.1) is 5.92 Å². The third kappa shape index (κ3) is 6.75. The van der Waals surface area contributed by atoms with Gasteiger partial charge in [0.15, 0.2) is 0 Å². The molecule has 0 aromatic carbocycles. The highest BCUT2D eigenvalue weighted by Gasteiger charge is 2.27. The van der Waals surface area contributed by atoms with Gasteiger partial charge in [0.1, 0.15) is 0 Å². The van der Waals surface area contributed by atoms with E-state index in [-0.39, 0.29) is 0 Å². The molecule has 108 valence electrons. The first-order valence-corrected chi connectivity index (χ1v) is 7.98. The molecule has 0 saturated heterocycles. The van der Waals surface area contributed by atoms with Gasteiger partial charge in [-0.15, -0.1) is 0 Å². The number of nitrogens with one attached hydrogen (secondary N) is 1. The van der Waals surface area contributed by atoms with E-state index in [1.165, 1.54) is 44.9 Å². The van der Waals surface area contributed by atoms with Crippen molar-refractivity contribution in [2.24, 2.45) is 5.92 Å². The monoisotopic (exact) mass is 255 g/mol. The lowest BCUT2D eigenvalue weighted by Crippen LogP contribution is -2.43. The predicted molar refractivity (Wildman–Crippen MR) is 78.8 cm³/mol. The summed E-state index contributed by atoms with van der Waals surface area (Å²) in [7, 11) is 0. The first kappa shape index (κ1) is 16.0. The van der Waals surface area contributed by atoms with Gasteiger partial charge in [0, 0.05) is 12.6 Å². The largest absolute Gasteiger partial charge is 0.389 e. The lowest BCUT2D eigenvalue weighted by Gasteiger charge is -2.29. The summed E-state index contributed by atoms with van der Waals surface area (Å²) in [6.07, 6.45) is 10.8. The molecule has 0 spiro atoms.